The van der Waals surface area contributed by atoms with Crippen molar-refractivity contribution in [3.05, 3.63) is 43.0 Å². The van der Waals surface area contributed by atoms with Crippen molar-refractivity contribution in [1.82, 2.24) is 0 Å². The van der Waals surface area contributed by atoms with Crippen LogP contribution in [0.2, 0.25) is 0 Å². The molecule has 0 bridgehead atoms. The third-order valence-electron chi connectivity index (χ3n) is 2.39. The molecule has 1 aromatic heterocycles. The van der Waals surface area contributed by atoms with Gasteiger partial charge in [0.2, 0.25) is 0 Å². The highest BCUT2D eigenvalue weighted by Crippen LogP contribution is 2.33. The van der Waals surface area contributed by atoms with E-state index in [1.807, 2.05) is 0 Å². The number of hydrogen-bond donors (Lipinski definition) is 3. The van der Waals surface area contributed by atoms with Gasteiger partial charge in [0.25, 0.3) is 5.91 Å². The van der Waals surface area contributed by atoms with E-state index in [9.17, 15) is 9.59 Å². The first kappa shape index (κ1) is 15.0. The Hall–Kier alpha value is -1.38. The molecule has 0 saturated heterocycles. The van der Waals surface area contributed by atoms with Crippen molar-refractivity contribution >= 4 is 66.4 Å². The average molecular weight is 420 g/mol. The fourth-order valence-electron chi connectivity index (χ4n) is 1.49. The Morgan fingerprint density at radius 1 is 1.25 bits per heavy atom. The Bertz CT molecular complexity index is 681. The Labute approximate surface area is 135 Å². The molecule has 2 aromatic rings. The number of hydrogen-bond acceptors (Lipinski definition) is 4. The first-order valence-electron chi connectivity index (χ1n) is 5.27. The van der Waals surface area contributed by atoms with Crippen LogP contribution in [0.15, 0.2) is 32.5 Å². The quantitative estimate of drug-likeness (QED) is 0.659. The fraction of sp³-hybridized carbons (Fsp3) is 0. The minimum Gasteiger partial charge on any atom is -0.478 e. The molecule has 0 saturated carbocycles. The monoisotopic (exact) mass is 418 g/mol. The van der Waals surface area contributed by atoms with Crippen molar-refractivity contribution in [2.45, 2.75) is 0 Å². The fourth-order valence-corrected chi connectivity index (χ4v) is 3.43. The summed E-state index contributed by atoms with van der Waals surface area (Å²) in [4.78, 5) is 23.6. The van der Waals surface area contributed by atoms with Gasteiger partial charge in [-0.1, -0.05) is 0 Å². The lowest BCUT2D eigenvalue weighted by molar-refractivity contribution is 0.0698. The van der Waals surface area contributed by atoms with Gasteiger partial charge in [-0.3, -0.25) is 4.79 Å². The topological polar surface area (TPSA) is 92.4 Å². The number of anilines is 2. The molecule has 0 unspecified atom stereocenters. The maximum Gasteiger partial charge on any atom is 0.337 e. The summed E-state index contributed by atoms with van der Waals surface area (Å²) in [6.45, 7) is 0. The highest BCUT2D eigenvalue weighted by Gasteiger charge is 2.16. The number of carbonyl (C=O) groups is 2. The molecule has 0 aliphatic heterocycles. The van der Waals surface area contributed by atoms with Crippen LogP contribution in [-0.2, 0) is 0 Å². The van der Waals surface area contributed by atoms with E-state index in [0.29, 0.717) is 10.6 Å². The van der Waals surface area contributed by atoms with Gasteiger partial charge in [-0.15, -0.1) is 11.3 Å². The molecule has 0 atom stereocenters. The van der Waals surface area contributed by atoms with Gasteiger partial charge in [0.1, 0.15) is 0 Å². The maximum absolute atomic E-state index is 12.1. The Morgan fingerprint density at radius 2 is 1.95 bits per heavy atom. The minimum absolute atomic E-state index is 0.0118. The molecule has 5 nitrogen and oxygen atoms in total. The van der Waals surface area contributed by atoms with Crippen LogP contribution < -0.4 is 11.1 Å². The molecule has 2 rings (SSSR count). The normalized spacial score (nSPS) is 10.3. The van der Waals surface area contributed by atoms with E-state index in [-0.39, 0.29) is 11.3 Å². The number of amides is 1. The third kappa shape index (κ3) is 3.20. The molecule has 0 spiro atoms. The number of carboxylic acids is 1. The summed E-state index contributed by atoms with van der Waals surface area (Å²) in [6.07, 6.45) is 0. The van der Waals surface area contributed by atoms with Crippen LogP contribution in [0.3, 0.4) is 0 Å². The van der Waals surface area contributed by atoms with E-state index >= 15 is 0 Å². The number of nitrogens with one attached hydrogen (secondary N) is 1. The summed E-state index contributed by atoms with van der Waals surface area (Å²) in [7, 11) is 0. The minimum atomic E-state index is -1.13. The molecule has 1 heterocycles. The van der Waals surface area contributed by atoms with E-state index in [1.165, 1.54) is 29.5 Å². The van der Waals surface area contributed by atoms with Crippen molar-refractivity contribution < 1.29 is 14.7 Å². The number of halogens is 2. The largest absolute Gasteiger partial charge is 0.478 e. The highest BCUT2D eigenvalue weighted by molar-refractivity contribution is 9.13. The summed E-state index contributed by atoms with van der Waals surface area (Å²) >= 11 is 7.82. The molecule has 0 aliphatic carbocycles. The second kappa shape index (κ2) is 5.94. The summed E-state index contributed by atoms with van der Waals surface area (Å²) in [6, 6.07) is 5.89. The number of aromatic carboxylic acids is 1. The number of nitrogen functional groups attached to an aromatic ring is 1. The van der Waals surface area contributed by atoms with Crippen molar-refractivity contribution in [1.29, 1.82) is 0 Å². The molecular formula is C12H8Br2N2O3S. The molecular weight excluding hydrogens is 412 g/mol. The summed E-state index contributed by atoms with van der Waals surface area (Å²) in [5.74, 6) is -1.52. The molecule has 4 N–H and O–H groups in total. The lowest BCUT2D eigenvalue weighted by Crippen LogP contribution is -2.14. The Kier molecular flexibility index (Phi) is 4.46. The Morgan fingerprint density at radius 3 is 2.50 bits per heavy atom. The number of carbonyl (C=O) groups excluding carboxylic acids is 1. The number of benzene rings is 1. The lowest BCUT2D eigenvalue weighted by atomic mass is 10.1. The molecule has 1 aromatic carbocycles. The zero-order chi connectivity index (χ0) is 14.9. The van der Waals surface area contributed by atoms with Crippen LogP contribution in [0, 0.1) is 0 Å². The van der Waals surface area contributed by atoms with Gasteiger partial charge in [0.05, 0.1) is 19.9 Å². The maximum atomic E-state index is 12.1. The molecule has 104 valence electrons. The zero-order valence-corrected chi connectivity index (χ0v) is 13.8. The second-order valence-electron chi connectivity index (χ2n) is 3.80. The van der Waals surface area contributed by atoms with Gasteiger partial charge in [0, 0.05) is 10.2 Å². The Balaban J connectivity index is 2.32. The number of nitrogens with two attached hydrogens (primary N) is 1. The third-order valence-corrected chi connectivity index (χ3v) is 5.65. The van der Waals surface area contributed by atoms with E-state index in [0.717, 1.165) is 8.26 Å². The van der Waals surface area contributed by atoms with Gasteiger partial charge in [-0.05, 0) is 56.1 Å². The van der Waals surface area contributed by atoms with Crippen LogP contribution in [-0.4, -0.2) is 17.0 Å². The van der Waals surface area contributed by atoms with Crippen molar-refractivity contribution in [3.63, 3.8) is 0 Å². The number of carboxylic acid groups (broad SMARTS) is 1. The van der Waals surface area contributed by atoms with Gasteiger partial charge < -0.3 is 16.2 Å². The predicted molar refractivity (Wildman–Crippen MR) is 85.5 cm³/mol. The summed E-state index contributed by atoms with van der Waals surface area (Å²) < 4.78 is 1.55. The lowest BCUT2D eigenvalue weighted by Gasteiger charge is -2.08. The summed E-state index contributed by atoms with van der Waals surface area (Å²) in [5, 5.41) is 11.6. The van der Waals surface area contributed by atoms with Crippen LogP contribution >= 0.6 is 43.2 Å². The van der Waals surface area contributed by atoms with Crippen LogP contribution in [0.25, 0.3) is 0 Å². The van der Waals surface area contributed by atoms with Gasteiger partial charge >= 0.3 is 5.97 Å². The molecule has 20 heavy (non-hydrogen) atoms. The van der Waals surface area contributed by atoms with E-state index in [2.05, 4.69) is 37.2 Å². The van der Waals surface area contributed by atoms with Crippen LogP contribution in [0.4, 0.5) is 11.4 Å². The smallest absolute Gasteiger partial charge is 0.337 e. The SMILES string of the molecule is Nc1ccc(C(=O)O)c(NC(=O)c2cc(Br)c(Br)s2)c1. The van der Waals surface area contributed by atoms with Crippen molar-refractivity contribution in [3.8, 4) is 0 Å². The van der Waals surface area contributed by atoms with E-state index in [1.54, 1.807) is 6.07 Å². The van der Waals surface area contributed by atoms with E-state index in [4.69, 9.17) is 10.8 Å². The molecule has 8 heteroatoms. The van der Waals surface area contributed by atoms with Gasteiger partial charge in [-0.2, -0.15) is 0 Å². The molecule has 0 fully saturated rings. The van der Waals surface area contributed by atoms with Crippen molar-refractivity contribution in [2.24, 2.45) is 0 Å². The number of rotatable bonds is 3. The van der Waals surface area contributed by atoms with Crippen molar-refractivity contribution in [2.75, 3.05) is 11.1 Å². The number of thiophene rings is 1. The van der Waals surface area contributed by atoms with E-state index < -0.39 is 11.9 Å². The molecule has 1 amide bonds. The van der Waals surface area contributed by atoms with Crippen LogP contribution in [0.1, 0.15) is 20.0 Å². The average Bonchev–Trinajstić information content (AvgIpc) is 2.69. The van der Waals surface area contributed by atoms with Gasteiger partial charge in [-0.25, -0.2) is 4.79 Å². The summed E-state index contributed by atoms with van der Waals surface area (Å²) in [5.41, 5.74) is 6.15. The first-order chi connectivity index (χ1) is 9.38. The van der Waals surface area contributed by atoms with Gasteiger partial charge in [0.15, 0.2) is 0 Å². The first-order valence-corrected chi connectivity index (χ1v) is 7.67. The predicted octanol–water partition coefficient (Wildman–Crippen LogP) is 3.81. The standard InChI is InChI=1S/C12H8Br2N2O3S/c13-7-4-9(20-10(7)14)11(17)16-8-3-5(15)1-2-6(8)12(18)19/h1-4H,15H2,(H,16,17)(H,18,19). The molecule has 0 radical (unpaired) electrons. The molecule has 0 aliphatic rings. The second-order valence-corrected chi connectivity index (χ2v) is 7.02. The van der Waals surface area contributed by atoms with Crippen LogP contribution in [0.5, 0.6) is 0 Å². The zero-order valence-electron chi connectivity index (χ0n) is 9.81. The highest BCUT2D eigenvalue weighted by atomic mass is 79.9.